The van der Waals surface area contributed by atoms with Gasteiger partial charge in [0.1, 0.15) is 11.5 Å². The molecular formula is C16H13NO3. The maximum atomic E-state index is 11.9. The standard InChI is InChI=1S/C16H13NO3/c1-2-19-14-9-5-13(6-10-14)16(18)20-15-7-3-12(11-17)4-8-15/h3-10H,2H2,1H3. The molecule has 0 N–H and O–H groups in total. The van der Waals surface area contributed by atoms with Gasteiger partial charge in [0.25, 0.3) is 0 Å². The fourth-order valence-corrected chi connectivity index (χ4v) is 1.62. The van der Waals surface area contributed by atoms with E-state index in [1.807, 2.05) is 13.0 Å². The van der Waals surface area contributed by atoms with Crippen LogP contribution in [-0.2, 0) is 0 Å². The number of rotatable bonds is 4. The van der Waals surface area contributed by atoms with Crippen LogP contribution < -0.4 is 9.47 Å². The molecule has 4 nitrogen and oxygen atoms in total. The van der Waals surface area contributed by atoms with Crippen LogP contribution >= 0.6 is 0 Å². The number of ether oxygens (including phenoxy) is 2. The van der Waals surface area contributed by atoms with Crippen molar-refractivity contribution < 1.29 is 14.3 Å². The van der Waals surface area contributed by atoms with Gasteiger partial charge in [-0.05, 0) is 55.5 Å². The highest BCUT2D eigenvalue weighted by Crippen LogP contribution is 2.16. The molecule has 0 saturated heterocycles. The molecule has 0 aliphatic heterocycles. The molecule has 0 aromatic heterocycles. The SMILES string of the molecule is CCOc1ccc(C(=O)Oc2ccc(C#N)cc2)cc1. The number of carbonyl (C=O) groups is 1. The zero-order valence-electron chi connectivity index (χ0n) is 11.0. The molecule has 0 amide bonds. The van der Waals surface area contributed by atoms with Crippen LogP contribution in [0.4, 0.5) is 0 Å². The predicted molar refractivity (Wildman–Crippen MR) is 73.7 cm³/mol. The molecule has 2 rings (SSSR count). The first kappa shape index (κ1) is 13.6. The number of hydrogen-bond donors (Lipinski definition) is 0. The molecule has 0 aliphatic carbocycles. The lowest BCUT2D eigenvalue weighted by atomic mass is 10.2. The summed E-state index contributed by atoms with van der Waals surface area (Å²) in [5.41, 5.74) is 0.962. The Labute approximate surface area is 117 Å². The van der Waals surface area contributed by atoms with Gasteiger partial charge in [-0.2, -0.15) is 5.26 Å². The van der Waals surface area contributed by atoms with Crippen LogP contribution in [0.15, 0.2) is 48.5 Å². The second-order valence-corrected chi connectivity index (χ2v) is 3.98. The molecule has 0 atom stereocenters. The maximum Gasteiger partial charge on any atom is 0.343 e. The fourth-order valence-electron chi connectivity index (χ4n) is 1.62. The predicted octanol–water partition coefficient (Wildman–Crippen LogP) is 3.18. The van der Waals surface area contributed by atoms with Crippen molar-refractivity contribution in [2.75, 3.05) is 6.61 Å². The monoisotopic (exact) mass is 267 g/mol. The molecule has 0 fully saturated rings. The van der Waals surface area contributed by atoms with Gasteiger partial charge in [0, 0.05) is 0 Å². The van der Waals surface area contributed by atoms with E-state index in [4.69, 9.17) is 14.7 Å². The quantitative estimate of drug-likeness (QED) is 0.630. The van der Waals surface area contributed by atoms with Crippen LogP contribution in [-0.4, -0.2) is 12.6 Å². The van der Waals surface area contributed by atoms with Crippen molar-refractivity contribution in [3.8, 4) is 17.6 Å². The van der Waals surface area contributed by atoms with Gasteiger partial charge in [0.15, 0.2) is 0 Å². The van der Waals surface area contributed by atoms with Crippen molar-refractivity contribution in [1.29, 1.82) is 5.26 Å². The van der Waals surface area contributed by atoms with Crippen LogP contribution in [0, 0.1) is 11.3 Å². The van der Waals surface area contributed by atoms with Gasteiger partial charge in [-0.15, -0.1) is 0 Å². The highest BCUT2D eigenvalue weighted by molar-refractivity contribution is 5.91. The molecule has 0 radical (unpaired) electrons. The average molecular weight is 267 g/mol. The van der Waals surface area contributed by atoms with Gasteiger partial charge in [-0.25, -0.2) is 4.79 Å². The van der Waals surface area contributed by atoms with Crippen molar-refractivity contribution in [3.05, 3.63) is 59.7 Å². The zero-order chi connectivity index (χ0) is 14.4. The third-order valence-corrected chi connectivity index (χ3v) is 2.59. The van der Waals surface area contributed by atoms with Crippen molar-refractivity contribution in [2.24, 2.45) is 0 Å². The van der Waals surface area contributed by atoms with E-state index >= 15 is 0 Å². The number of hydrogen-bond acceptors (Lipinski definition) is 4. The third kappa shape index (κ3) is 3.36. The Bertz CT molecular complexity index is 624. The Hall–Kier alpha value is -2.80. The van der Waals surface area contributed by atoms with Crippen LogP contribution in [0.1, 0.15) is 22.8 Å². The molecule has 20 heavy (non-hydrogen) atoms. The van der Waals surface area contributed by atoms with Gasteiger partial charge in [-0.3, -0.25) is 0 Å². The lowest BCUT2D eigenvalue weighted by molar-refractivity contribution is 0.0734. The normalized spacial score (nSPS) is 9.60. The molecule has 2 aromatic carbocycles. The summed E-state index contributed by atoms with van der Waals surface area (Å²) in [7, 11) is 0. The molecule has 0 aliphatic rings. The molecule has 2 aromatic rings. The summed E-state index contributed by atoms with van der Waals surface area (Å²) in [5, 5.41) is 8.69. The van der Waals surface area contributed by atoms with E-state index in [2.05, 4.69) is 0 Å². The zero-order valence-corrected chi connectivity index (χ0v) is 11.0. The minimum absolute atomic E-state index is 0.405. The fraction of sp³-hybridized carbons (Fsp3) is 0.125. The van der Waals surface area contributed by atoms with E-state index in [0.29, 0.717) is 29.2 Å². The van der Waals surface area contributed by atoms with Crippen molar-refractivity contribution in [3.63, 3.8) is 0 Å². The Morgan fingerprint density at radius 1 is 1.05 bits per heavy atom. The number of nitriles is 1. The van der Waals surface area contributed by atoms with E-state index < -0.39 is 5.97 Å². The molecule has 4 heteroatoms. The van der Waals surface area contributed by atoms with Gasteiger partial charge < -0.3 is 9.47 Å². The number of nitrogens with zero attached hydrogens (tertiary/aromatic N) is 1. The minimum Gasteiger partial charge on any atom is -0.494 e. The van der Waals surface area contributed by atoms with Crippen LogP contribution in [0.3, 0.4) is 0 Å². The van der Waals surface area contributed by atoms with Crippen LogP contribution in [0.2, 0.25) is 0 Å². The summed E-state index contributed by atoms with van der Waals surface area (Å²) in [6.07, 6.45) is 0. The van der Waals surface area contributed by atoms with Gasteiger partial charge >= 0.3 is 5.97 Å². The van der Waals surface area contributed by atoms with Crippen molar-refractivity contribution in [1.82, 2.24) is 0 Å². The second-order valence-electron chi connectivity index (χ2n) is 3.98. The smallest absolute Gasteiger partial charge is 0.343 e. The molecule has 0 bridgehead atoms. The highest BCUT2D eigenvalue weighted by Gasteiger charge is 2.08. The molecule has 100 valence electrons. The average Bonchev–Trinajstić information content (AvgIpc) is 2.49. The highest BCUT2D eigenvalue weighted by atomic mass is 16.5. The summed E-state index contributed by atoms with van der Waals surface area (Å²) in [6, 6.07) is 15.1. The number of benzene rings is 2. The summed E-state index contributed by atoms with van der Waals surface area (Å²) >= 11 is 0. The Morgan fingerprint density at radius 3 is 2.20 bits per heavy atom. The van der Waals surface area contributed by atoms with Gasteiger partial charge in [0.05, 0.1) is 23.8 Å². The topological polar surface area (TPSA) is 59.3 Å². The second kappa shape index (κ2) is 6.39. The van der Waals surface area contributed by atoms with Crippen molar-refractivity contribution in [2.45, 2.75) is 6.92 Å². The van der Waals surface area contributed by atoms with Crippen LogP contribution in [0.5, 0.6) is 11.5 Å². The molecule has 0 heterocycles. The van der Waals surface area contributed by atoms with Gasteiger partial charge in [0.2, 0.25) is 0 Å². The lowest BCUT2D eigenvalue weighted by Crippen LogP contribution is -2.08. The third-order valence-electron chi connectivity index (χ3n) is 2.59. The summed E-state index contributed by atoms with van der Waals surface area (Å²) in [5.74, 6) is 0.670. The molecule has 0 unspecified atom stereocenters. The number of esters is 1. The molecular weight excluding hydrogens is 254 g/mol. The van der Waals surface area contributed by atoms with Crippen LogP contribution in [0.25, 0.3) is 0 Å². The minimum atomic E-state index is -0.447. The Balaban J connectivity index is 2.05. The lowest BCUT2D eigenvalue weighted by Gasteiger charge is -2.06. The molecule has 0 spiro atoms. The Kier molecular flexibility index (Phi) is 4.35. The van der Waals surface area contributed by atoms with E-state index in [-0.39, 0.29) is 0 Å². The first-order valence-corrected chi connectivity index (χ1v) is 6.18. The summed E-state index contributed by atoms with van der Waals surface area (Å²) in [6.45, 7) is 2.47. The largest absolute Gasteiger partial charge is 0.494 e. The Morgan fingerprint density at radius 2 is 1.65 bits per heavy atom. The van der Waals surface area contributed by atoms with Crippen molar-refractivity contribution >= 4 is 5.97 Å². The first-order chi connectivity index (χ1) is 9.72. The number of carbonyl (C=O) groups excluding carboxylic acids is 1. The van der Waals surface area contributed by atoms with E-state index in [0.717, 1.165) is 0 Å². The van der Waals surface area contributed by atoms with E-state index in [1.165, 1.54) is 0 Å². The van der Waals surface area contributed by atoms with E-state index in [1.54, 1.807) is 48.5 Å². The first-order valence-electron chi connectivity index (χ1n) is 6.18. The van der Waals surface area contributed by atoms with Gasteiger partial charge in [-0.1, -0.05) is 0 Å². The maximum absolute atomic E-state index is 11.9. The van der Waals surface area contributed by atoms with E-state index in [9.17, 15) is 4.79 Å². The summed E-state index contributed by atoms with van der Waals surface area (Å²) in [4.78, 5) is 11.9. The summed E-state index contributed by atoms with van der Waals surface area (Å²) < 4.78 is 10.5. The molecule has 0 saturated carbocycles.